The molecule has 2 fully saturated rings. The van der Waals surface area contributed by atoms with E-state index in [0.717, 1.165) is 36.4 Å². The number of ether oxygens (including phenoxy) is 2. The van der Waals surface area contributed by atoms with Gasteiger partial charge in [0, 0.05) is 12.2 Å². The van der Waals surface area contributed by atoms with E-state index < -0.39 is 69.3 Å². The summed E-state index contributed by atoms with van der Waals surface area (Å²) in [4.78, 5) is 53.3. The summed E-state index contributed by atoms with van der Waals surface area (Å²) in [6.45, 7) is 2.77. The number of ketones is 2. The lowest BCUT2D eigenvalue weighted by Gasteiger charge is -2.44. The van der Waals surface area contributed by atoms with Crippen LogP contribution in [0.15, 0.2) is 60.7 Å². The van der Waals surface area contributed by atoms with E-state index in [1.165, 1.54) is 52.2 Å². The standard InChI is InChI=1S/C34H36F6N2O6/c1-29(17-5-19-31(41-3,27(29)45)21-7-11-23(12-8-21)33(35,36)37)47-25(43)15-16-26(44)48-30(2)18-6-20-32(42-4,28(30)46)22-9-13-24(14-10-22)34(38,39)40/h7-16,41-42H,5-6,17-20H2,1-4H3/b16-15-/t29-,30-,31+,32+/m0/s1. The van der Waals surface area contributed by atoms with Crippen LogP contribution in [0.1, 0.15) is 74.6 Å². The van der Waals surface area contributed by atoms with Crippen molar-refractivity contribution in [1.82, 2.24) is 10.6 Å². The number of rotatable bonds is 8. The van der Waals surface area contributed by atoms with Gasteiger partial charge in [0.1, 0.15) is 11.1 Å². The third-order valence-corrected chi connectivity index (χ3v) is 9.42. The largest absolute Gasteiger partial charge is 0.448 e. The molecule has 48 heavy (non-hydrogen) atoms. The zero-order valence-corrected chi connectivity index (χ0v) is 26.7. The maximum Gasteiger partial charge on any atom is 0.416 e. The first kappa shape index (κ1) is 36.8. The molecule has 0 unspecified atom stereocenters. The van der Waals surface area contributed by atoms with E-state index in [1.54, 1.807) is 0 Å². The molecule has 0 heterocycles. The average molecular weight is 683 g/mol. The SMILES string of the molecule is CN[C@@]1(c2ccc(C(F)(F)F)cc2)CCC[C@](C)(OC(=O)/C=C\C(=O)O[C@@]2(C)CCC[C@@](NC)(c3ccc(C(F)(F)F)cc3)C2=O)C1=O. The Hall–Kier alpha value is -4.04. The fourth-order valence-electron chi connectivity index (χ4n) is 6.79. The molecule has 260 valence electrons. The maximum absolute atomic E-state index is 13.8. The minimum atomic E-state index is -4.57. The number of nitrogens with one attached hydrogen (secondary N) is 2. The van der Waals surface area contributed by atoms with Gasteiger partial charge in [0.25, 0.3) is 0 Å². The number of benzene rings is 2. The van der Waals surface area contributed by atoms with Crippen LogP contribution in [0.5, 0.6) is 0 Å². The van der Waals surface area contributed by atoms with Crippen molar-refractivity contribution in [3.8, 4) is 0 Å². The van der Waals surface area contributed by atoms with Crippen LogP contribution in [0.25, 0.3) is 0 Å². The van der Waals surface area contributed by atoms with E-state index in [4.69, 9.17) is 9.47 Å². The van der Waals surface area contributed by atoms with Crippen molar-refractivity contribution in [2.45, 2.75) is 87.0 Å². The molecule has 2 aliphatic carbocycles. The van der Waals surface area contributed by atoms with Crippen molar-refractivity contribution in [2.75, 3.05) is 14.1 Å². The third kappa shape index (κ3) is 6.91. The molecule has 2 aromatic carbocycles. The predicted molar refractivity (Wildman–Crippen MR) is 160 cm³/mol. The Morgan fingerprint density at radius 1 is 0.625 bits per heavy atom. The van der Waals surface area contributed by atoms with Crippen LogP contribution >= 0.6 is 0 Å². The van der Waals surface area contributed by atoms with Gasteiger partial charge in [0.2, 0.25) is 11.6 Å². The summed E-state index contributed by atoms with van der Waals surface area (Å²) >= 11 is 0. The molecule has 0 radical (unpaired) electrons. The molecule has 0 bridgehead atoms. The van der Waals surface area contributed by atoms with Crippen molar-refractivity contribution >= 4 is 23.5 Å². The molecule has 4 atom stereocenters. The molecule has 0 aliphatic heterocycles. The lowest BCUT2D eigenvalue weighted by atomic mass is 9.69. The number of hydrogen-bond donors (Lipinski definition) is 2. The number of carbonyl (C=O) groups excluding carboxylic acids is 4. The average Bonchev–Trinajstić information content (AvgIpc) is 3.02. The molecule has 2 saturated carbocycles. The van der Waals surface area contributed by atoms with E-state index in [9.17, 15) is 45.5 Å². The van der Waals surface area contributed by atoms with Crippen LogP contribution < -0.4 is 10.6 Å². The summed E-state index contributed by atoms with van der Waals surface area (Å²) < 4.78 is 89.7. The highest BCUT2D eigenvalue weighted by molar-refractivity contribution is 6.01. The Morgan fingerprint density at radius 2 is 0.938 bits per heavy atom. The summed E-state index contributed by atoms with van der Waals surface area (Å²) in [5, 5.41) is 5.81. The van der Waals surface area contributed by atoms with Gasteiger partial charge < -0.3 is 20.1 Å². The second-order valence-corrected chi connectivity index (χ2v) is 12.5. The van der Waals surface area contributed by atoms with Gasteiger partial charge in [0.05, 0.1) is 11.1 Å². The number of carbonyl (C=O) groups is 4. The van der Waals surface area contributed by atoms with Crippen LogP contribution in [0.3, 0.4) is 0 Å². The molecule has 0 amide bonds. The monoisotopic (exact) mass is 682 g/mol. The molecule has 2 N–H and O–H groups in total. The van der Waals surface area contributed by atoms with E-state index in [-0.39, 0.29) is 36.8 Å². The third-order valence-electron chi connectivity index (χ3n) is 9.42. The van der Waals surface area contributed by atoms with Crippen LogP contribution in [0.2, 0.25) is 0 Å². The smallest absolute Gasteiger partial charge is 0.416 e. The fourth-order valence-corrected chi connectivity index (χ4v) is 6.79. The van der Waals surface area contributed by atoms with Crippen molar-refractivity contribution in [3.63, 3.8) is 0 Å². The van der Waals surface area contributed by atoms with Gasteiger partial charge in [-0.25, -0.2) is 9.59 Å². The van der Waals surface area contributed by atoms with Gasteiger partial charge in [0.15, 0.2) is 11.2 Å². The second kappa shape index (κ2) is 13.1. The Morgan fingerprint density at radius 3 is 1.21 bits per heavy atom. The molecule has 2 aromatic rings. The predicted octanol–water partition coefficient (Wildman–Crippen LogP) is 5.92. The zero-order valence-electron chi connectivity index (χ0n) is 26.7. The number of alkyl halides is 6. The van der Waals surface area contributed by atoms with Crippen molar-refractivity contribution < 1.29 is 55.0 Å². The van der Waals surface area contributed by atoms with E-state index in [0.29, 0.717) is 12.8 Å². The Labute approximate surface area is 273 Å². The summed E-state index contributed by atoms with van der Waals surface area (Å²) in [6.07, 6.45) is -6.21. The minimum Gasteiger partial charge on any atom is -0.448 e. The van der Waals surface area contributed by atoms with Gasteiger partial charge in [-0.15, -0.1) is 0 Å². The quantitative estimate of drug-likeness (QED) is 0.201. The zero-order chi connectivity index (χ0) is 35.8. The Balaban J connectivity index is 1.47. The highest BCUT2D eigenvalue weighted by Crippen LogP contribution is 2.43. The van der Waals surface area contributed by atoms with Gasteiger partial charge in [-0.3, -0.25) is 9.59 Å². The number of likely N-dealkylation sites (N-methyl/N-ethyl adjacent to an activating group) is 2. The molecule has 0 saturated heterocycles. The topological polar surface area (TPSA) is 111 Å². The second-order valence-electron chi connectivity index (χ2n) is 12.5. The first-order valence-electron chi connectivity index (χ1n) is 15.2. The molecule has 14 heteroatoms. The molecule has 4 rings (SSSR count). The Bertz CT molecular complexity index is 1470. The Kier molecular flexibility index (Phi) is 10.0. The van der Waals surface area contributed by atoms with E-state index >= 15 is 0 Å². The van der Waals surface area contributed by atoms with Gasteiger partial charge >= 0.3 is 24.3 Å². The lowest BCUT2D eigenvalue weighted by molar-refractivity contribution is -0.170. The summed E-state index contributed by atoms with van der Waals surface area (Å²) in [6, 6.07) is 8.29. The first-order chi connectivity index (χ1) is 22.3. The van der Waals surface area contributed by atoms with Gasteiger partial charge in [-0.1, -0.05) is 24.3 Å². The van der Waals surface area contributed by atoms with Gasteiger partial charge in [-0.2, -0.15) is 26.3 Å². The van der Waals surface area contributed by atoms with E-state index in [2.05, 4.69) is 10.6 Å². The molecule has 0 aromatic heterocycles. The van der Waals surface area contributed by atoms with E-state index in [1.807, 2.05) is 0 Å². The maximum atomic E-state index is 13.8. The first-order valence-corrected chi connectivity index (χ1v) is 15.2. The normalized spacial score (nSPS) is 28.4. The number of esters is 2. The summed E-state index contributed by atoms with van der Waals surface area (Å²) in [5.41, 5.74) is -7.51. The number of Topliss-reactive ketones (excluding diaryl/α,β-unsaturated/α-hetero) is 2. The van der Waals surface area contributed by atoms with Crippen LogP contribution in [-0.4, -0.2) is 48.8 Å². The molecular weight excluding hydrogens is 646 g/mol. The number of halogens is 6. The fraction of sp³-hybridized carbons (Fsp3) is 0.471. The molecular formula is C34H36F6N2O6. The minimum absolute atomic E-state index is 0.114. The van der Waals surface area contributed by atoms with Crippen LogP contribution in [0, 0.1) is 0 Å². The van der Waals surface area contributed by atoms with Gasteiger partial charge in [-0.05, 0) is 102 Å². The highest BCUT2D eigenvalue weighted by Gasteiger charge is 2.55. The number of hydrogen-bond acceptors (Lipinski definition) is 8. The molecule has 8 nitrogen and oxygen atoms in total. The lowest BCUT2D eigenvalue weighted by Crippen LogP contribution is -2.60. The van der Waals surface area contributed by atoms with Crippen molar-refractivity contribution in [3.05, 3.63) is 82.9 Å². The summed E-state index contributed by atoms with van der Waals surface area (Å²) in [5.74, 6) is -3.31. The molecule has 0 spiro atoms. The molecule has 2 aliphatic rings. The van der Waals surface area contributed by atoms with Crippen molar-refractivity contribution in [1.29, 1.82) is 0 Å². The summed E-state index contributed by atoms with van der Waals surface area (Å²) in [7, 11) is 2.96. The van der Waals surface area contributed by atoms with Crippen molar-refractivity contribution in [2.24, 2.45) is 0 Å². The highest BCUT2D eigenvalue weighted by atomic mass is 19.4. The van der Waals surface area contributed by atoms with Crippen LogP contribution in [-0.2, 0) is 52.1 Å². The van der Waals surface area contributed by atoms with Crippen LogP contribution in [0.4, 0.5) is 26.3 Å².